The molecule has 0 saturated heterocycles. The van der Waals surface area contributed by atoms with Gasteiger partial charge in [0.2, 0.25) is 0 Å². The lowest BCUT2D eigenvalue weighted by Gasteiger charge is -2.16. The van der Waals surface area contributed by atoms with Crippen LogP contribution < -0.4 is 4.74 Å². The van der Waals surface area contributed by atoms with E-state index in [4.69, 9.17) is 4.74 Å². The highest BCUT2D eigenvalue weighted by Gasteiger charge is 2.13. The third-order valence-electron chi connectivity index (χ3n) is 2.69. The highest BCUT2D eigenvalue weighted by atomic mass is 16.5. The summed E-state index contributed by atoms with van der Waals surface area (Å²) in [5.41, 5.74) is 1.15. The number of methoxy groups -OCH3 is 1. The SMILES string of the molecule is CCc1cccc(OCC(=O)N(C)CC(=O)OC)c1. The third-order valence-corrected chi connectivity index (χ3v) is 2.69. The first kappa shape index (κ1) is 15.0. The molecular weight excluding hydrogens is 246 g/mol. The molecule has 1 aromatic rings. The summed E-state index contributed by atoms with van der Waals surface area (Å²) in [6.45, 7) is 1.88. The molecule has 0 heterocycles. The Morgan fingerprint density at radius 3 is 2.68 bits per heavy atom. The number of ether oxygens (including phenoxy) is 2. The van der Waals surface area contributed by atoms with Gasteiger partial charge in [0.05, 0.1) is 7.11 Å². The van der Waals surface area contributed by atoms with Crippen LogP contribution in [0.25, 0.3) is 0 Å². The predicted octanol–water partition coefficient (Wildman–Crippen LogP) is 1.26. The molecule has 0 N–H and O–H groups in total. The second-order valence-corrected chi connectivity index (χ2v) is 4.12. The Morgan fingerprint density at radius 2 is 2.05 bits per heavy atom. The van der Waals surface area contributed by atoms with Gasteiger partial charge in [-0.25, -0.2) is 0 Å². The molecule has 0 saturated carbocycles. The average molecular weight is 265 g/mol. The van der Waals surface area contributed by atoms with Gasteiger partial charge < -0.3 is 14.4 Å². The smallest absolute Gasteiger partial charge is 0.325 e. The molecule has 1 aromatic carbocycles. The van der Waals surface area contributed by atoms with Crippen LogP contribution in [0.4, 0.5) is 0 Å². The van der Waals surface area contributed by atoms with Gasteiger partial charge in [0.25, 0.3) is 5.91 Å². The van der Waals surface area contributed by atoms with Crippen LogP contribution in [0.3, 0.4) is 0 Å². The van der Waals surface area contributed by atoms with E-state index in [-0.39, 0.29) is 19.1 Å². The first-order chi connectivity index (χ1) is 9.06. The molecule has 0 spiro atoms. The van der Waals surface area contributed by atoms with E-state index in [0.29, 0.717) is 5.75 Å². The van der Waals surface area contributed by atoms with Crippen molar-refractivity contribution in [2.75, 3.05) is 27.3 Å². The quantitative estimate of drug-likeness (QED) is 0.727. The van der Waals surface area contributed by atoms with Crippen LogP contribution in [-0.4, -0.2) is 44.1 Å². The van der Waals surface area contributed by atoms with E-state index in [1.807, 2.05) is 18.2 Å². The van der Waals surface area contributed by atoms with Crippen molar-refractivity contribution >= 4 is 11.9 Å². The largest absolute Gasteiger partial charge is 0.484 e. The lowest BCUT2D eigenvalue weighted by Crippen LogP contribution is -2.35. The van der Waals surface area contributed by atoms with Crippen LogP contribution in [0.5, 0.6) is 5.75 Å². The van der Waals surface area contributed by atoms with Crippen molar-refractivity contribution in [3.05, 3.63) is 29.8 Å². The molecule has 1 amide bonds. The van der Waals surface area contributed by atoms with Gasteiger partial charge in [-0.1, -0.05) is 19.1 Å². The summed E-state index contributed by atoms with van der Waals surface area (Å²) in [6, 6.07) is 7.58. The second kappa shape index (κ2) is 7.41. The number of esters is 1. The highest BCUT2D eigenvalue weighted by Crippen LogP contribution is 2.13. The van der Waals surface area contributed by atoms with Crippen LogP contribution in [-0.2, 0) is 20.7 Å². The van der Waals surface area contributed by atoms with E-state index in [9.17, 15) is 9.59 Å². The van der Waals surface area contributed by atoms with Crippen molar-refractivity contribution in [1.29, 1.82) is 0 Å². The fourth-order valence-corrected chi connectivity index (χ4v) is 1.46. The topological polar surface area (TPSA) is 55.8 Å². The molecule has 0 aliphatic rings. The minimum Gasteiger partial charge on any atom is -0.484 e. The molecule has 5 nitrogen and oxygen atoms in total. The van der Waals surface area contributed by atoms with Gasteiger partial charge in [-0.2, -0.15) is 0 Å². The Hall–Kier alpha value is -2.04. The van der Waals surface area contributed by atoms with Gasteiger partial charge in [-0.3, -0.25) is 9.59 Å². The first-order valence-electron chi connectivity index (χ1n) is 6.09. The molecule has 5 heteroatoms. The maximum absolute atomic E-state index is 11.7. The van der Waals surface area contributed by atoms with Crippen LogP contribution in [0.1, 0.15) is 12.5 Å². The number of benzene rings is 1. The maximum Gasteiger partial charge on any atom is 0.325 e. The molecule has 0 bridgehead atoms. The minimum absolute atomic E-state index is 0.0757. The standard InChI is InChI=1S/C14H19NO4/c1-4-11-6-5-7-12(8-11)19-10-13(16)15(2)9-14(17)18-3/h5-8H,4,9-10H2,1-3H3. The molecule has 0 atom stereocenters. The van der Waals surface area contributed by atoms with Gasteiger partial charge >= 0.3 is 5.97 Å². The van der Waals surface area contributed by atoms with Gasteiger partial charge in [-0.15, -0.1) is 0 Å². The number of nitrogens with zero attached hydrogens (tertiary/aromatic N) is 1. The number of amides is 1. The van der Waals surface area contributed by atoms with Crippen LogP contribution in [0.2, 0.25) is 0 Å². The number of hydrogen-bond acceptors (Lipinski definition) is 4. The highest BCUT2D eigenvalue weighted by molar-refractivity contribution is 5.82. The molecule has 0 unspecified atom stereocenters. The molecule has 0 aliphatic carbocycles. The molecule has 0 aliphatic heterocycles. The first-order valence-corrected chi connectivity index (χ1v) is 6.09. The molecule has 104 valence electrons. The Bertz CT molecular complexity index is 445. The zero-order valence-corrected chi connectivity index (χ0v) is 11.5. The fraction of sp³-hybridized carbons (Fsp3) is 0.429. The Kier molecular flexibility index (Phi) is 5.85. The molecule has 0 radical (unpaired) electrons. The predicted molar refractivity (Wildman–Crippen MR) is 71.0 cm³/mol. The maximum atomic E-state index is 11.7. The van der Waals surface area contributed by atoms with E-state index in [2.05, 4.69) is 11.7 Å². The number of rotatable bonds is 6. The van der Waals surface area contributed by atoms with Crippen molar-refractivity contribution < 1.29 is 19.1 Å². The summed E-state index contributed by atoms with van der Waals surface area (Å²) in [5.74, 6) is -0.0738. The Balaban J connectivity index is 2.47. The van der Waals surface area contributed by atoms with Crippen LogP contribution in [0.15, 0.2) is 24.3 Å². The average Bonchev–Trinajstić information content (AvgIpc) is 2.44. The van der Waals surface area contributed by atoms with E-state index < -0.39 is 5.97 Å². The van der Waals surface area contributed by atoms with Crippen LogP contribution in [0, 0.1) is 0 Å². The summed E-state index contributed by atoms with van der Waals surface area (Å²) in [6.07, 6.45) is 0.910. The van der Waals surface area contributed by atoms with E-state index in [0.717, 1.165) is 12.0 Å². The van der Waals surface area contributed by atoms with Gasteiger partial charge in [0.15, 0.2) is 6.61 Å². The number of carbonyl (C=O) groups is 2. The number of hydrogen-bond donors (Lipinski definition) is 0. The second-order valence-electron chi connectivity index (χ2n) is 4.12. The normalized spacial score (nSPS) is 9.84. The van der Waals surface area contributed by atoms with E-state index in [1.54, 1.807) is 6.07 Å². The van der Waals surface area contributed by atoms with Gasteiger partial charge in [-0.05, 0) is 24.1 Å². The minimum atomic E-state index is -0.455. The van der Waals surface area contributed by atoms with Crippen molar-refractivity contribution in [2.24, 2.45) is 0 Å². The lowest BCUT2D eigenvalue weighted by molar-refractivity contribution is -0.146. The summed E-state index contributed by atoms with van der Waals surface area (Å²) >= 11 is 0. The summed E-state index contributed by atoms with van der Waals surface area (Å²) in [4.78, 5) is 24.0. The molecule has 19 heavy (non-hydrogen) atoms. The molecule has 0 fully saturated rings. The lowest BCUT2D eigenvalue weighted by atomic mass is 10.2. The van der Waals surface area contributed by atoms with Crippen molar-refractivity contribution in [1.82, 2.24) is 4.90 Å². The third kappa shape index (κ3) is 4.99. The van der Waals surface area contributed by atoms with Gasteiger partial charge in [0, 0.05) is 7.05 Å². The summed E-state index contributed by atoms with van der Waals surface area (Å²) in [5, 5.41) is 0. The number of carbonyl (C=O) groups excluding carboxylic acids is 2. The summed E-state index contributed by atoms with van der Waals surface area (Å²) in [7, 11) is 2.82. The molecular formula is C14H19NO4. The van der Waals surface area contributed by atoms with Gasteiger partial charge in [0.1, 0.15) is 12.3 Å². The number of aryl methyl sites for hydroxylation is 1. The van der Waals surface area contributed by atoms with Crippen molar-refractivity contribution in [3.8, 4) is 5.75 Å². The Labute approximate surface area is 113 Å². The number of likely N-dealkylation sites (N-methyl/N-ethyl adjacent to an activating group) is 1. The molecule has 0 aromatic heterocycles. The zero-order chi connectivity index (χ0) is 14.3. The van der Waals surface area contributed by atoms with Crippen molar-refractivity contribution in [3.63, 3.8) is 0 Å². The Morgan fingerprint density at radius 1 is 1.32 bits per heavy atom. The summed E-state index contributed by atoms with van der Waals surface area (Å²) < 4.78 is 9.89. The monoisotopic (exact) mass is 265 g/mol. The van der Waals surface area contributed by atoms with E-state index >= 15 is 0 Å². The zero-order valence-electron chi connectivity index (χ0n) is 11.5. The van der Waals surface area contributed by atoms with Crippen LogP contribution >= 0.6 is 0 Å². The van der Waals surface area contributed by atoms with E-state index in [1.165, 1.54) is 19.1 Å². The fourth-order valence-electron chi connectivity index (χ4n) is 1.46. The molecule has 1 rings (SSSR count). The van der Waals surface area contributed by atoms with Crippen molar-refractivity contribution in [2.45, 2.75) is 13.3 Å².